The van der Waals surface area contributed by atoms with E-state index >= 15 is 0 Å². The second kappa shape index (κ2) is 6.70. The van der Waals surface area contributed by atoms with Crippen LogP contribution in [0.2, 0.25) is 0 Å². The Labute approximate surface area is 100 Å². The monoisotopic (exact) mass is 236 g/mol. The topological polar surface area (TPSA) is 55.8 Å². The summed E-state index contributed by atoms with van der Waals surface area (Å²) in [4.78, 5) is 10.9. The first-order chi connectivity index (χ1) is 8.09. The van der Waals surface area contributed by atoms with E-state index in [1.807, 2.05) is 32.0 Å². The third kappa shape index (κ3) is 5.17. The molecule has 0 aliphatic heterocycles. The highest BCUT2D eigenvalue weighted by atomic mass is 16.7. The number of ether oxygens (including phenoxy) is 2. The molecule has 0 amide bonds. The average molecular weight is 236 g/mol. The van der Waals surface area contributed by atoms with Gasteiger partial charge in [0.1, 0.15) is 0 Å². The van der Waals surface area contributed by atoms with Crippen molar-refractivity contribution in [2.75, 3.05) is 6.79 Å². The lowest BCUT2D eigenvalue weighted by molar-refractivity contribution is -0.140. The Kier molecular flexibility index (Phi) is 5.23. The lowest BCUT2D eigenvalue weighted by Gasteiger charge is -2.09. The molecule has 17 heavy (non-hydrogen) atoms. The molecule has 0 atom stereocenters. The lowest BCUT2D eigenvalue weighted by atomic mass is 10.2. The maximum Gasteiger partial charge on any atom is 0.371 e. The molecule has 0 aliphatic carbocycles. The maximum atomic E-state index is 10.9. The molecule has 1 aromatic rings. The molecule has 4 heteroatoms. The van der Waals surface area contributed by atoms with Gasteiger partial charge in [0.05, 0.1) is 6.10 Å². The van der Waals surface area contributed by atoms with Crippen LogP contribution in [0, 0.1) is 0 Å². The zero-order chi connectivity index (χ0) is 12.7. The van der Waals surface area contributed by atoms with Gasteiger partial charge in [0, 0.05) is 0 Å². The van der Waals surface area contributed by atoms with Gasteiger partial charge in [0.2, 0.25) is 5.76 Å². The second-order valence-corrected chi connectivity index (χ2v) is 3.70. The zero-order valence-corrected chi connectivity index (χ0v) is 9.92. The van der Waals surface area contributed by atoms with Crippen LogP contribution < -0.4 is 0 Å². The van der Waals surface area contributed by atoms with Gasteiger partial charge in [-0.3, -0.25) is 0 Å². The molecule has 1 N–H and O–H groups in total. The van der Waals surface area contributed by atoms with Crippen LogP contribution in [0.4, 0.5) is 0 Å². The fourth-order valence-electron chi connectivity index (χ4n) is 1.10. The minimum atomic E-state index is -1.11. The molecule has 0 spiro atoms. The molecule has 1 aromatic carbocycles. The summed E-state index contributed by atoms with van der Waals surface area (Å²) in [6.45, 7) is 3.64. The number of hydrogen-bond acceptors (Lipinski definition) is 3. The van der Waals surface area contributed by atoms with Crippen LogP contribution in [0.3, 0.4) is 0 Å². The molecule has 0 fully saturated rings. The molecule has 0 saturated heterocycles. The molecule has 4 nitrogen and oxygen atoms in total. The minimum Gasteiger partial charge on any atom is -0.475 e. The molecular formula is C13H16O4. The zero-order valence-electron chi connectivity index (χ0n) is 9.92. The van der Waals surface area contributed by atoms with Crippen molar-refractivity contribution in [1.82, 2.24) is 0 Å². The first-order valence-electron chi connectivity index (χ1n) is 5.34. The quantitative estimate of drug-likeness (QED) is 0.468. The molecular weight excluding hydrogens is 220 g/mol. The van der Waals surface area contributed by atoms with Gasteiger partial charge in [0.25, 0.3) is 0 Å². The third-order valence-electron chi connectivity index (χ3n) is 1.92. The van der Waals surface area contributed by atoms with Crippen LogP contribution in [0.1, 0.15) is 19.4 Å². The summed E-state index contributed by atoms with van der Waals surface area (Å²) in [5.41, 5.74) is 0.773. The average Bonchev–Trinajstić information content (AvgIpc) is 2.28. The van der Waals surface area contributed by atoms with E-state index in [4.69, 9.17) is 14.6 Å². The number of aliphatic carboxylic acids is 1. The molecule has 0 saturated carbocycles. The summed E-state index contributed by atoms with van der Waals surface area (Å²) in [5.74, 6) is -1.24. The van der Waals surface area contributed by atoms with Gasteiger partial charge in [-0.25, -0.2) is 4.79 Å². The summed E-state index contributed by atoms with van der Waals surface area (Å²) in [6.07, 6.45) is 1.47. The molecule has 0 heterocycles. The number of carboxylic acids is 1. The Balaban J connectivity index is 2.66. The van der Waals surface area contributed by atoms with Gasteiger partial charge in [0.15, 0.2) is 6.79 Å². The fourth-order valence-corrected chi connectivity index (χ4v) is 1.10. The van der Waals surface area contributed by atoms with Gasteiger partial charge in [-0.1, -0.05) is 30.3 Å². The normalized spacial score (nSPS) is 11.6. The van der Waals surface area contributed by atoms with Crippen molar-refractivity contribution in [1.29, 1.82) is 0 Å². The Morgan fingerprint density at radius 3 is 2.53 bits per heavy atom. The molecule has 0 unspecified atom stereocenters. The predicted octanol–water partition coefficient (Wildman–Crippen LogP) is 2.51. The van der Waals surface area contributed by atoms with Crippen LogP contribution in [0.15, 0.2) is 36.1 Å². The van der Waals surface area contributed by atoms with Crippen LogP contribution in [0.5, 0.6) is 0 Å². The van der Waals surface area contributed by atoms with E-state index in [1.54, 1.807) is 12.1 Å². The summed E-state index contributed by atoms with van der Waals surface area (Å²) < 4.78 is 10.2. The van der Waals surface area contributed by atoms with Gasteiger partial charge in [-0.2, -0.15) is 0 Å². The molecule has 92 valence electrons. The van der Waals surface area contributed by atoms with Crippen molar-refractivity contribution in [3.8, 4) is 0 Å². The van der Waals surface area contributed by atoms with Gasteiger partial charge < -0.3 is 14.6 Å². The second-order valence-electron chi connectivity index (χ2n) is 3.70. The van der Waals surface area contributed by atoms with Gasteiger partial charge in [-0.05, 0) is 25.5 Å². The molecule has 0 radical (unpaired) electrons. The highest BCUT2D eigenvalue weighted by Crippen LogP contribution is 2.08. The smallest absolute Gasteiger partial charge is 0.371 e. The number of benzene rings is 1. The van der Waals surface area contributed by atoms with Crippen molar-refractivity contribution in [3.63, 3.8) is 0 Å². The largest absolute Gasteiger partial charge is 0.475 e. The van der Waals surface area contributed by atoms with Crippen molar-refractivity contribution < 1.29 is 19.4 Å². The van der Waals surface area contributed by atoms with E-state index in [1.165, 1.54) is 6.08 Å². The van der Waals surface area contributed by atoms with Gasteiger partial charge >= 0.3 is 5.97 Å². The van der Waals surface area contributed by atoms with Crippen molar-refractivity contribution >= 4 is 12.0 Å². The number of carboxylic acid groups (broad SMARTS) is 1. The molecule has 1 rings (SSSR count). The van der Waals surface area contributed by atoms with E-state index < -0.39 is 5.97 Å². The first-order valence-corrected chi connectivity index (χ1v) is 5.34. The van der Waals surface area contributed by atoms with Crippen LogP contribution >= 0.6 is 0 Å². The minimum absolute atomic E-state index is 0.00164. The number of rotatable bonds is 6. The first kappa shape index (κ1) is 13.3. The van der Waals surface area contributed by atoms with Crippen molar-refractivity contribution in [2.24, 2.45) is 0 Å². The number of carbonyl (C=O) groups is 1. The molecule has 0 bridgehead atoms. The Morgan fingerprint density at radius 1 is 1.35 bits per heavy atom. The SMILES string of the molecule is CC(C)OCOC(=Cc1ccccc1)C(=O)O. The lowest BCUT2D eigenvalue weighted by Crippen LogP contribution is -2.11. The van der Waals surface area contributed by atoms with Crippen LogP contribution in [-0.4, -0.2) is 24.0 Å². The fraction of sp³-hybridized carbons (Fsp3) is 0.308. The third-order valence-corrected chi connectivity index (χ3v) is 1.92. The maximum absolute atomic E-state index is 10.9. The Hall–Kier alpha value is -1.81. The van der Waals surface area contributed by atoms with Gasteiger partial charge in [-0.15, -0.1) is 0 Å². The highest BCUT2D eigenvalue weighted by molar-refractivity contribution is 5.89. The Bertz CT molecular complexity index is 382. The van der Waals surface area contributed by atoms with Crippen molar-refractivity contribution in [2.45, 2.75) is 20.0 Å². The highest BCUT2D eigenvalue weighted by Gasteiger charge is 2.09. The standard InChI is InChI=1S/C13H16O4/c1-10(2)16-9-17-12(13(14)15)8-11-6-4-3-5-7-11/h3-8,10H,9H2,1-2H3,(H,14,15). The summed E-state index contributed by atoms with van der Waals surface area (Å²) in [5, 5.41) is 8.95. The van der Waals surface area contributed by atoms with Crippen LogP contribution in [0.25, 0.3) is 6.08 Å². The summed E-state index contributed by atoms with van der Waals surface area (Å²) >= 11 is 0. The molecule has 0 aliphatic rings. The Morgan fingerprint density at radius 2 is 2.00 bits per heavy atom. The number of hydrogen-bond donors (Lipinski definition) is 1. The van der Waals surface area contributed by atoms with E-state index in [0.717, 1.165) is 5.56 Å². The van der Waals surface area contributed by atoms with E-state index in [-0.39, 0.29) is 18.7 Å². The van der Waals surface area contributed by atoms with E-state index in [2.05, 4.69) is 0 Å². The van der Waals surface area contributed by atoms with Crippen LogP contribution in [-0.2, 0) is 14.3 Å². The summed E-state index contributed by atoms with van der Waals surface area (Å²) in [6, 6.07) is 9.12. The summed E-state index contributed by atoms with van der Waals surface area (Å²) in [7, 11) is 0. The van der Waals surface area contributed by atoms with E-state index in [0.29, 0.717) is 0 Å². The van der Waals surface area contributed by atoms with Crippen molar-refractivity contribution in [3.05, 3.63) is 41.7 Å². The van der Waals surface area contributed by atoms with E-state index in [9.17, 15) is 4.79 Å². The molecule has 0 aromatic heterocycles. The predicted molar refractivity (Wildman–Crippen MR) is 64.2 cm³/mol.